The zero-order chi connectivity index (χ0) is 14.0. The van der Waals surface area contributed by atoms with E-state index in [2.05, 4.69) is 5.10 Å². The highest BCUT2D eigenvalue weighted by atomic mass is 19.1. The number of ether oxygens (including phenoxy) is 1. The van der Waals surface area contributed by atoms with E-state index >= 15 is 0 Å². The highest BCUT2D eigenvalue weighted by Gasteiger charge is 2.16. The minimum absolute atomic E-state index is 0.243. The first-order valence-electron chi connectivity index (χ1n) is 6.10. The molecule has 0 aliphatic heterocycles. The summed E-state index contributed by atoms with van der Waals surface area (Å²) >= 11 is 0. The third-order valence-electron chi connectivity index (χ3n) is 3.38. The molecule has 1 unspecified atom stereocenters. The fourth-order valence-corrected chi connectivity index (χ4v) is 2.10. The third-order valence-corrected chi connectivity index (χ3v) is 3.38. The van der Waals surface area contributed by atoms with E-state index in [1.807, 2.05) is 14.0 Å². The quantitative estimate of drug-likeness (QED) is 0.919. The molecule has 0 bridgehead atoms. The molecule has 1 aromatic carbocycles. The Morgan fingerprint density at radius 2 is 2.21 bits per heavy atom. The summed E-state index contributed by atoms with van der Waals surface area (Å²) in [7, 11) is 3.31. The van der Waals surface area contributed by atoms with Crippen LogP contribution in [0.25, 0.3) is 0 Å². The standard InChI is InChI=1S/C14H18FN3O/c1-9-11(8-17-18(9)2)12(16)7-10-5-4-6-13(19-3)14(10)15/h4-6,8,12H,7,16H2,1-3H3. The lowest BCUT2D eigenvalue weighted by molar-refractivity contribution is 0.383. The van der Waals surface area contributed by atoms with Crippen LogP contribution in [0.3, 0.4) is 0 Å². The average Bonchev–Trinajstić information content (AvgIpc) is 2.72. The van der Waals surface area contributed by atoms with Crippen molar-refractivity contribution in [3.63, 3.8) is 0 Å². The minimum Gasteiger partial charge on any atom is -0.494 e. The largest absolute Gasteiger partial charge is 0.494 e. The van der Waals surface area contributed by atoms with Crippen molar-refractivity contribution in [1.82, 2.24) is 9.78 Å². The van der Waals surface area contributed by atoms with Gasteiger partial charge in [-0.1, -0.05) is 12.1 Å². The Labute approximate surface area is 112 Å². The first kappa shape index (κ1) is 13.5. The van der Waals surface area contributed by atoms with Crippen molar-refractivity contribution in [2.45, 2.75) is 19.4 Å². The number of benzene rings is 1. The number of aromatic nitrogens is 2. The number of methoxy groups -OCH3 is 1. The summed E-state index contributed by atoms with van der Waals surface area (Å²) < 4.78 is 20.8. The number of halogens is 1. The van der Waals surface area contributed by atoms with Crippen LogP contribution < -0.4 is 10.5 Å². The summed E-state index contributed by atoms with van der Waals surface area (Å²) in [5.41, 5.74) is 8.62. The van der Waals surface area contributed by atoms with Gasteiger partial charge in [-0.2, -0.15) is 5.10 Å². The van der Waals surface area contributed by atoms with Gasteiger partial charge in [0.25, 0.3) is 0 Å². The van der Waals surface area contributed by atoms with Crippen LogP contribution in [-0.2, 0) is 13.5 Å². The van der Waals surface area contributed by atoms with E-state index < -0.39 is 0 Å². The predicted octanol–water partition coefficient (Wildman–Crippen LogP) is 2.12. The number of rotatable bonds is 4. The molecule has 0 amide bonds. The molecule has 0 aliphatic carbocycles. The van der Waals surface area contributed by atoms with E-state index in [9.17, 15) is 4.39 Å². The number of aryl methyl sites for hydroxylation is 1. The highest BCUT2D eigenvalue weighted by Crippen LogP contribution is 2.25. The van der Waals surface area contributed by atoms with Crippen LogP contribution in [0.5, 0.6) is 5.75 Å². The molecule has 0 saturated carbocycles. The highest BCUT2D eigenvalue weighted by molar-refractivity contribution is 5.33. The Balaban J connectivity index is 2.24. The second-order valence-electron chi connectivity index (χ2n) is 4.55. The molecule has 0 radical (unpaired) electrons. The molecular formula is C14H18FN3O. The van der Waals surface area contributed by atoms with E-state index in [-0.39, 0.29) is 17.6 Å². The van der Waals surface area contributed by atoms with E-state index in [0.717, 1.165) is 11.3 Å². The van der Waals surface area contributed by atoms with Gasteiger partial charge >= 0.3 is 0 Å². The smallest absolute Gasteiger partial charge is 0.168 e. The number of hydrogen-bond donors (Lipinski definition) is 1. The van der Waals surface area contributed by atoms with Gasteiger partial charge in [0.2, 0.25) is 0 Å². The summed E-state index contributed by atoms with van der Waals surface area (Å²) in [4.78, 5) is 0. The Kier molecular flexibility index (Phi) is 3.85. The van der Waals surface area contributed by atoms with Gasteiger partial charge in [0.05, 0.1) is 13.3 Å². The lowest BCUT2D eigenvalue weighted by atomic mass is 10.00. The van der Waals surface area contributed by atoms with Crippen LogP contribution in [0.2, 0.25) is 0 Å². The molecule has 0 saturated heterocycles. The summed E-state index contributed by atoms with van der Waals surface area (Å²) in [6, 6.07) is 4.80. The molecule has 4 nitrogen and oxygen atoms in total. The molecule has 5 heteroatoms. The van der Waals surface area contributed by atoms with Crippen LogP contribution >= 0.6 is 0 Å². The van der Waals surface area contributed by atoms with Gasteiger partial charge in [0.1, 0.15) is 0 Å². The van der Waals surface area contributed by atoms with Crippen LogP contribution in [0.15, 0.2) is 24.4 Å². The van der Waals surface area contributed by atoms with Crippen LogP contribution in [0, 0.1) is 12.7 Å². The van der Waals surface area contributed by atoms with E-state index in [4.69, 9.17) is 10.5 Å². The van der Waals surface area contributed by atoms with Crippen molar-refractivity contribution in [2.24, 2.45) is 12.8 Å². The number of hydrogen-bond acceptors (Lipinski definition) is 3. The van der Waals surface area contributed by atoms with Gasteiger partial charge in [-0.05, 0) is 25.0 Å². The summed E-state index contributed by atoms with van der Waals surface area (Å²) in [6.07, 6.45) is 2.15. The molecule has 2 rings (SSSR count). The molecule has 2 N–H and O–H groups in total. The molecule has 1 atom stereocenters. The summed E-state index contributed by atoms with van der Waals surface area (Å²) in [6.45, 7) is 1.95. The topological polar surface area (TPSA) is 53.1 Å². The van der Waals surface area contributed by atoms with E-state index in [1.165, 1.54) is 7.11 Å². The Morgan fingerprint density at radius 3 is 2.79 bits per heavy atom. The fourth-order valence-electron chi connectivity index (χ4n) is 2.10. The lowest BCUT2D eigenvalue weighted by Crippen LogP contribution is -2.15. The van der Waals surface area contributed by atoms with Crippen molar-refractivity contribution in [3.8, 4) is 5.75 Å². The number of nitrogens with zero attached hydrogens (tertiary/aromatic N) is 2. The second-order valence-corrected chi connectivity index (χ2v) is 4.55. The third kappa shape index (κ3) is 2.61. The number of nitrogens with two attached hydrogens (primary N) is 1. The van der Waals surface area contributed by atoms with Crippen molar-refractivity contribution in [3.05, 3.63) is 47.0 Å². The molecule has 102 valence electrons. The van der Waals surface area contributed by atoms with Crippen LogP contribution in [-0.4, -0.2) is 16.9 Å². The van der Waals surface area contributed by atoms with Crippen molar-refractivity contribution in [1.29, 1.82) is 0 Å². The Hall–Kier alpha value is -1.88. The van der Waals surface area contributed by atoms with E-state index in [1.54, 1.807) is 29.1 Å². The normalized spacial score (nSPS) is 12.5. The molecule has 2 aromatic rings. The van der Waals surface area contributed by atoms with Crippen molar-refractivity contribution >= 4 is 0 Å². The van der Waals surface area contributed by atoms with Crippen molar-refractivity contribution < 1.29 is 9.13 Å². The van der Waals surface area contributed by atoms with Crippen LogP contribution in [0.4, 0.5) is 4.39 Å². The van der Waals surface area contributed by atoms with Gasteiger partial charge in [0, 0.05) is 24.3 Å². The first-order chi connectivity index (χ1) is 9.04. The monoisotopic (exact) mass is 263 g/mol. The molecular weight excluding hydrogens is 245 g/mol. The van der Waals surface area contributed by atoms with Crippen molar-refractivity contribution in [2.75, 3.05) is 7.11 Å². The molecule has 0 fully saturated rings. The van der Waals surface area contributed by atoms with Gasteiger partial charge in [-0.15, -0.1) is 0 Å². The maximum absolute atomic E-state index is 14.1. The zero-order valence-corrected chi connectivity index (χ0v) is 11.4. The Morgan fingerprint density at radius 1 is 1.47 bits per heavy atom. The van der Waals surface area contributed by atoms with Gasteiger partial charge in [-0.3, -0.25) is 4.68 Å². The predicted molar refractivity (Wildman–Crippen MR) is 71.5 cm³/mol. The summed E-state index contributed by atoms with van der Waals surface area (Å²) in [5, 5.41) is 4.15. The van der Waals surface area contributed by atoms with Gasteiger partial charge in [0.15, 0.2) is 11.6 Å². The molecule has 0 aliphatic rings. The summed E-state index contributed by atoms with van der Waals surface area (Å²) in [5.74, 6) is -0.102. The average molecular weight is 263 g/mol. The van der Waals surface area contributed by atoms with Gasteiger partial charge < -0.3 is 10.5 Å². The maximum atomic E-state index is 14.1. The Bertz CT molecular complexity index is 580. The maximum Gasteiger partial charge on any atom is 0.168 e. The van der Waals surface area contributed by atoms with Gasteiger partial charge in [-0.25, -0.2) is 4.39 Å². The van der Waals surface area contributed by atoms with Crippen LogP contribution in [0.1, 0.15) is 22.9 Å². The molecule has 1 aromatic heterocycles. The lowest BCUT2D eigenvalue weighted by Gasteiger charge is -2.13. The molecule has 1 heterocycles. The minimum atomic E-state index is -0.345. The first-order valence-corrected chi connectivity index (χ1v) is 6.10. The molecule has 0 spiro atoms. The molecule has 19 heavy (non-hydrogen) atoms. The second kappa shape index (κ2) is 5.40. The van der Waals surface area contributed by atoms with E-state index in [0.29, 0.717) is 12.0 Å². The SMILES string of the molecule is COc1cccc(CC(N)c2cnn(C)c2C)c1F. The zero-order valence-electron chi connectivity index (χ0n) is 11.4. The fraction of sp³-hybridized carbons (Fsp3) is 0.357.